The Bertz CT molecular complexity index is 873. The Morgan fingerprint density at radius 3 is 2.70 bits per heavy atom. The number of pyridine rings is 1. The van der Waals surface area contributed by atoms with Crippen molar-refractivity contribution in [1.29, 1.82) is 0 Å². The molecule has 0 unspecified atom stereocenters. The van der Waals surface area contributed by atoms with Crippen molar-refractivity contribution in [3.05, 3.63) is 52.9 Å². The lowest BCUT2D eigenvalue weighted by Gasteiger charge is -2.36. The van der Waals surface area contributed by atoms with Crippen LogP contribution in [0.5, 0.6) is 11.6 Å². The minimum Gasteiger partial charge on any atom is -0.497 e. The maximum absolute atomic E-state index is 15.1. The Kier molecular flexibility index (Phi) is 7.48. The van der Waals surface area contributed by atoms with Crippen LogP contribution < -0.4 is 9.47 Å². The maximum Gasteiger partial charge on any atom is 0.253 e. The summed E-state index contributed by atoms with van der Waals surface area (Å²) >= 11 is 5.75. The summed E-state index contributed by atoms with van der Waals surface area (Å²) in [4.78, 5) is 18.2. The van der Waals surface area contributed by atoms with Crippen LogP contribution in [0.3, 0.4) is 0 Å². The van der Waals surface area contributed by atoms with Crippen LogP contribution in [0.1, 0.15) is 42.5 Å². The first-order valence-electron chi connectivity index (χ1n) is 9.96. The third kappa shape index (κ3) is 5.81. The van der Waals surface area contributed by atoms with Gasteiger partial charge in [0.25, 0.3) is 5.91 Å². The molecule has 0 atom stereocenters. The molecule has 162 valence electrons. The monoisotopic (exact) mass is 438 g/mol. The summed E-state index contributed by atoms with van der Waals surface area (Å²) < 4.78 is 39.1. The van der Waals surface area contributed by atoms with E-state index in [1.807, 2.05) is 0 Å². The van der Waals surface area contributed by atoms with E-state index in [0.717, 1.165) is 0 Å². The minimum absolute atomic E-state index is 0.0935. The highest BCUT2D eigenvalue weighted by molar-refractivity contribution is 6.31. The van der Waals surface area contributed by atoms with Crippen molar-refractivity contribution in [2.45, 2.75) is 37.8 Å². The van der Waals surface area contributed by atoms with E-state index in [0.29, 0.717) is 56.2 Å². The van der Waals surface area contributed by atoms with Crippen molar-refractivity contribution >= 4 is 17.5 Å². The van der Waals surface area contributed by atoms with Gasteiger partial charge in [-0.1, -0.05) is 11.6 Å². The first-order chi connectivity index (χ1) is 14.4. The van der Waals surface area contributed by atoms with E-state index < -0.39 is 11.5 Å². The van der Waals surface area contributed by atoms with E-state index in [1.165, 1.54) is 18.2 Å². The van der Waals surface area contributed by atoms with Crippen molar-refractivity contribution in [3.8, 4) is 11.6 Å². The number of benzene rings is 1. The summed E-state index contributed by atoms with van der Waals surface area (Å²) in [7, 11) is 1.58. The van der Waals surface area contributed by atoms with E-state index in [9.17, 15) is 9.18 Å². The second kappa shape index (κ2) is 10.1. The zero-order valence-corrected chi connectivity index (χ0v) is 17.6. The van der Waals surface area contributed by atoms with Gasteiger partial charge in [-0.25, -0.2) is 13.8 Å². The molecule has 1 aliphatic heterocycles. The molecule has 1 saturated heterocycles. The molecule has 2 aromatic rings. The molecule has 0 spiro atoms. The molecule has 0 saturated carbocycles. The second-order valence-electron chi connectivity index (χ2n) is 7.41. The maximum atomic E-state index is 15.1. The number of hydrogen-bond acceptors (Lipinski definition) is 4. The summed E-state index contributed by atoms with van der Waals surface area (Å²) in [5.41, 5.74) is -0.970. The molecular weight excluding hydrogens is 414 g/mol. The fraction of sp³-hybridized carbons (Fsp3) is 0.455. The molecule has 8 heteroatoms. The number of carbonyl (C=O) groups is 1. The Labute approximate surface area is 179 Å². The number of piperidine rings is 1. The zero-order chi connectivity index (χ0) is 21.6. The van der Waals surface area contributed by atoms with Crippen LogP contribution >= 0.6 is 11.6 Å². The SMILES string of the molecule is COc1ccnc(OCCCCC2(F)CCN(C(=O)c3ccc(F)c(Cl)c3)CC2)c1. The van der Waals surface area contributed by atoms with Gasteiger partial charge in [0, 0.05) is 30.9 Å². The number of alkyl halides is 1. The summed E-state index contributed by atoms with van der Waals surface area (Å²) in [6, 6.07) is 7.33. The van der Waals surface area contributed by atoms with Gasteiger partial charge in [0.05, 0.1) is 18.7 Å². The molecule has 5 nitrogen and oxygen atoms in total. The van der Waals surface area contributed by atoms with Gasteiger partial charge in [0.2, 0.25) is 5.88 Å². The molecule has 1 aromatic carbocycles. The number of halogens is 3. The molecule has 1 fully saturated rings. The molecule has 30 heavy (non-hydrogen) atoms. The van der Waals surface area contributed by atoms with Crippen molar-refractivity contribution < 1.29 is 23.0 Å². The lowest BCUT2D eigenvalue weighted by Crippen LogP contribution is -2.44. The molecule has 0 bridgehead atoms. The van der Waals surface area contributed by atoms with E-state index in [1.54, 1.807) is 30.3 Å². The van der Waals surface area contributed by atoms with Gasteiger partial charge in [0.15, 0.2) is 0 Å². The van der Waals surface area contributed by atoms with Crippen LogP contribution in [0.2, 0.25) is 5.02 Å². The molecule has 0 radical (unpaired) electrons. The molecule has 1 aromatic heterocycles. The van der Waals surface area contributed by atoms with E-state index in [-0.39, 0.29) is 23.8 Å². The first kappa shape index (κ1) is 22.3. The predicted octanol–water partition coefficient (Wildman–Crippen LogP) is 5.08. The number of nitrogens with zero attached hydrogens (tertiary/aromatic N) is 2. The third-order valence-electron chi connectivity index (χ3n) is 5.32. The summed E-state index contributed by atoms with van der Waals surface area (Å²) in [5, 5.41) is -0.0935. The predicted molar refractivity (Wildman–Crippen MR) is 111 cm³/mol. The normalized spacial score (nSPS) is 15.7. The number of amides is 1. The average molecular weight is 439 g/mol. The van der Waals surface area contributed by atoms with Crippen LogP contribution in [0, 0.1) is 5.82 Å². The number of likely N-dealkylation sites (tertiary alicyclic amines) is 1. The summed E-state index contributed by atoms with van der Waals surface area (Å²) in [6.07, 6.45) is 3.99. The van der Waals surface area contributed by atoms with Crippen molar-refractivity contribution in [2.75, 3.05) is 26.8 Å². The number of hydrogen-bond donors (Lipinski definition) is 0. The van der Waals surface area contributed by atoms with E-state index >= 15 is 4.39 Å². The molecule has 3 rings (SSSR count). The topological polar surface area (TPSA) is 51.7 Å². The van der Waals surface area contributed by atoms with Crippen molar-refractivity contribution in [2.24, 2.45) is 0 Å². The standard InChI is InChI=1S/C22H25ClF2N2O3/c1-29-17-6-10-26-20(15-17)30-13-3-2-7-22(25)8-11-27(12-9-22)21(28)16-4-5-19(24)18(23)14-16/h4-6,10,14-15H,2-3,7-9,11-13H2,1H3. The number of ether oxygens (including phenoxy) is 2. The van der Waals surface area contributed by atoms with Crippen LogP contribution in [0.4, 0.5) is 8.78 Å². The van der Waals surface area contributed by atoms with Gasteiger partial charge in [-0.05, 0) is 56.4 Å². The second-order valence-corrected chi connectivity index (χ2v) is 7.82. The quantitative estimate of drug-likeness (QED) is 0.539. The van der Waals surface area contributed by atoms with Gasteiger partial charge < -0.3 is 14.4 Å². The lowest BCUT2D eigenvalue weighted by atomic mass is 9.88. The smallest absolute Gasteiger partial charge is 0.253 e. The van der Waals surface area contributed by atoms with Crippen LogP contribution in [0.25, 0.3) is 0 Å². The Morgan fingerprint density at radius 1 is 1.23 bits per heavy atom. The minimum atomic E-state index is -1.29. The van der Waals surface area contributed by atoms with Gasteiger partial charge in [-0.15, -0.1) is 0 Å². The van der Waals surface area contributed by atoms with Crippen LogP contribution in [-0.2, 0) is 0 Å². The van der Waals surface area contributed by atoms with Crippen LogP contribution in [-0.4, -0.2) is 48.3 Å². The third-order valence-corrected chi connectivity index (χ3v) is 5.61. The number of methoxy groups -OCH3 is 1. The summed E-state index contributed by atoms with van der Waals surface area (Å²) in [6.45, 7) is 1.11. The van der Waals surface area contributed by atoms with Crippen LogP contribution in [0.15, 0.2) is 36.5 Å². The number of rotatable bonds is 8. The molecule has 0 aliphatic carbocycles. The fourth-order valence-corrected chi connectivity index (χ4v) is 3.67. The van der Waals surface area contributed by atoms with Crippen molar-refractivity contribution in [1.82, 2.24) is 9.88 Å². The first-order valence-corrected chi connectivity index (χ1v) is 10.3. The zero-order valence-electron chi connectivity index (χ0n) is 16.9. The van der Waals surface area contributed by atoms with Gasteiger partial charge >= 0.3 is 0 Å². The lowest BCUT2D eigenvalue weighted by molar-refractivity contribution is 0.0382. The Morgan fingerprint density at radius 2 is 2.00 bits per heavy atom. The highest BCUT2D eigenvalue weighted by Gasteiger charge is 2.35. The number of unbranched alkanes of at least 4 members (excludes halogenated alkanes) is 1. The average Bonchev–Trinajstić information content (AvgIpc) is 2.75. The fourth-order valence-electron chi connectivity index (χ4n) is 3.49. The molecule has 2 heterocycles. The van der Waals surface area contributed by atoms with E-state index in [4.69, 9.17) is 21.1 Å². The summed E-state index contributed by atoms with van der Waals surface area (Å²) in [5.74, 6) is 0.336. The largest absolute Gasteiger partial charge is 0.497 e. The van der Waals surface area contributed by atoms with Gasteiger partial charge in [-0.3, -0.25) is 4.79 Å². The highest BCUT2D eigenvalue weighted by Crippen LogP contribution is 2.32. The Hall–Kier alpha value is -2.41. The van der Waals surface area contributed by atoms with E-state index in [2.05, 4.69) is 4.98 Å². The highest BCUT2D eigenvalue weighted by atomic mass is 35.5. The molecule has 1 amide bonds. The number of aromatic nitrogens is 1. The van der Waals surface area contributed by atoms with Gasteiger partial charge in [0.1, 0.15) is 17.2 Å². The number of carbonyl (C=O) groups excluding carboxylic acids is 1. The molecule has 0 N–H and O–H groups in total. The van der Waals surface area contributed by atoms with Gasteiger partial charge in [-0.2, -0.15) is 0 Å². The molecular formula is C22H25ClF2N2O3. The van der Waals surface area contributed by atoms with Crippen molar-refractivity contribution in [3.63, 3.8) is 0 Å². The Balaban J connectivity index is 1.40. The molecule has 1 aliphatic rings.